The molecule has 1 aliphatic rings. The van der Waals surface area contributed by atoms with Crippen molar-refractivity contribution in [2.45, 2.75) is 26.4 Å². The second-order valence-corrected chi connectivity index (χ2v) is 7.57. The molecule has 7 nitrogen and oxygen atoms in total. The maximum Gasteiger partial charge on any atom is 0.349 e. The number of benzene rings is 1. The van der Waals surface area contributed by atoms with Gasteiger partial charge >= 0.3 is 5.63 Å². The number of likely N-dealkylation sites (N-methyl/N-ethyl adjacent to an activating group) is 1. The number of carbonyl (C=O) groups excluding carboxylic acids is 1. The van der Waals surface area contributed by atoms with Gasteiger partial charge in [0.1, 0.15) is 16.9 Å². The lowest BCUT2D eigenvalue weighted by Gasteiger charge is -2.32. The molecule has 3 rings (SSSR count). The highest BCUT2D eigenvalue weighted by atomic mass is 16.5. The normalized spacial score (nSPS) is 15.9. The van der Waals surface area contributed by atoms with Gasteiger partial charge in [0, 0.05) is 44.2 Å². The zero-order chi connectivity index (χ0) is 20.1. The van der Waals surface area contributed by atoms with E-state index in [2.05, 4.69) is 22.2 Å². The molecule has 0 unspecified atom stereocenters. The van der Waals surface area contributed by atoms with E-state index in [-0.39, 0.29) is 11.7 Å². The number of ether oxygens (including phenoxy) is 1. The number of hydrogen-bond donors (Lipinski definition) is 1. The summed E-state index contributed by atoms with van der Waals surface area (Å²) in [4.78, 5) is 29.3. The average molecular weight is 387 g/mol. The van der Waals surface area contributed by atoms with E-state index in [1.165, 1.54) is 0 Å². The average Bonchev–Trinajstić information content (AvgIpc) is 2.65. The minimum Gasteiger partial charge on any atom is -0.491 e. The molecule has 0 atom stereocenters. The molecule has 0 spiro atoms. The number of carbonyl (C=O) groups is 1. The number of fused-ring (bicyclic) bond motifs is 1. The minimum atomic E-state index is -0.634. The predicted molar refractivity (Wildman–Crippen MR) is 109 cm³/mol. The van der Waals surface area contributed by atoms with Gasteiger partial charge in [0.25, 0.3) is 5.91 Å². The molecule has 1 fully saturated rings. The van der Waals surface area contributed by atoms with E-state index in [1.54, 1.807) is 24.3 Å². The third kappa shape index (κ3) is 5.33. The van der Waals surface area contributed by atoms with Crippen LogP contribution in [0.15, 0.2) is 33.5 Å². The number of rotatable bonds is 7. The highest BCUT2D eigenvalue weighted by Gasteiger charge is 2.15. The molecular weight excluding hydrogens is 358 g/mol. The summed E-state index contributed by atoms with van der Waals surface area (Å²) in [7, 11) is 2.13. The van der Waals surface area contributed by atoms with Gasteiger partial charge in [-0.1, -0.05) is 0 Å². The Morgan fingerprint density at radius 2 is 1.96 bits per heavy atom. The van der Waals surface area contributed by atoms with Crippen LogP contribution in [-0.4, -0.2) is 68.1 Å². The van der Waals surface area contributed by atoms with Crippen LogP contribution in [-0.2, 0) is 0 Å². The fourth-order valence-electron chi connectivity index (χ4n) is 3.27. The predicted octanol–water partition coefficient (Wildman–Crippen LogP) is 1.95. The number of nitrogens with zero attached hydrogens (tertiary/aromatic N) is 2. The molecule has 7 heteroatoms. The van der Waals surface area contributed by atoms with Crippen LogP contribution in [0.3, 0.4) is 0 Å². The molecule has 0 aliphatic carbocycles. The van der Waals surface area contributed by atoms with Crippen molar-refractivity contribution in [3.05, 3.63) is 40.2 Å². The van der Waals surface area contributed by atoms with Crippen molar-refractivity contribution in [1.29, 1.82) is 0 Å². The Kier molecular flexibility index (Phi) is 6.70. The summed E-state index contributed by atoms with van der Waals surface area (Å²) in [6.45, 7) is 9.60. The lowest BCUT2D eigenvalue weighted by Crippen LogP contribution is -2.45. The van der Waals surface area contributed by atoms with Crippen molar-refractivity contribution >= 4 is 16.9 Å². The molecule has 152 valence electrons. The van der Waals surface area contributed by atoms with Crippen LogP contribution >= 0.6 is 0 Å². The molecule has 0 bridgehead atoms. The molecule has 2 heterocycles. The van der Waals surface area contributed by atoms with Crippen molar-refractivity contribution in [2.24, 2.45) is 0 Å². The number of hydrogen-bond acceptors (Lipinski definition) is 6. The van der Waals surface area contributed by atoms with E-state index in [0.717, 1.165) is 39.1 Å². The first-order chi connectivity index (χ1) is 13.4. The van der Waals surface area contributed by atoms with E-state index in [4.69, 9.17) is 9.15 Å². The van der Waals surface area contributed by atoms with Crippen LogP contribution < -0.4 is 15.7 Å². The molecule has 1 aromatic heterocycles. The van der Waals surface area contributed by atoms with Gasteiger partial charge in [-0.15, -0.1) is 0 Å². The Morgan fingerprint density at radius 3 is 2.68 bits per heavy atom. The summed E-state index contributed by atoms with van der Waals surface area (Å²) < 4.78 is 11.0. The summed E-state index contributed by atoms with van der Waals surface area (Å²) in [5.74, 6) is 0.239. The highest BCUT2D eigenvalue weighted by Crippen LogP contribution is 2.21. The van der Waals surface area contributed by atoms with Gasteiger partial charge in [0.15, 0.2) is 0 Å². The SMILES string of the molecule is CC(C)Oc1ccc2cc(C(=O)NCCCN3CCN(C)CC3)c(=O)oc2c1. The Labute approximate surface area is 165 Å². The topological polar surface area (TPSA) is 75.0 Å². The summed E-state index contributed by atoms with van der Waals surface area (Å²) >= 11 is 0. The van der Waals surface area contributed by atoms with Gasteiger partial charge in [-0.3, -0.25) is 4.79 Å². The standard InChI is InChI=1S/C21H29N3O4/c1-15(2)27-17-6-5-16-13-18(21(26)28-19(16)14-17)20(25)22-7-4-8-24-11-9-23(3)10-12-24/h5-6,13-15H,4,7-12H2,1-3H3,(H,22,25). The van der Waals surface area contributed by atoms with E-state index in [9.17, 15) is 9.59 Å². The summed E-state index contributed by atoms with van der Waals surface area (Å²) in [5.41, 5.74) is -0.190. The molecule has 28 heavy (non-hydrogen) atoms. The van der Waals surface area contributed by atoms with Crippen LogP contribution in [0.1, 0.15) is 30.6 Å². The Bertz CT molecular complexity index is 870. The van der Waals surface area contributed by atoms with Crippen LogP contribution in [0.5, 0.6) is 5.75 Å². The zero-order valence-corrected chi connectivity index (χ0v) is 16.9. The smallest absolute Gasteiger partial charge is 0.349 e. The van der Waals surface area contributed by atoms with E-state index in [0.29, 0.717) is 23.3 Å². The zero-order valence-electron chi connectivity index (χ0n) is 16.9. The van der Waals surface area contributed by atoms with Gasteiger partial charge in [0.2, 0.25) is 0 Å². The molecule has 1 amide bonds. The Hall–Kier alpha value is -2.38. The molecule has 2 aromatic rings. The summed E-state index contributed by atoms with van der Waals surface area (Å²) in [6, 6.07) is 6.85. The largest absolute Gasteiger partial charge is 0.491 e. The molecule has 1 saturated heterocycles. The van der Waals surface area contributed by atoms with Crippen molar-refractivity contribution in [1.82, 2.24) is 15.1 Å². The molecule has 0 saturated carbocycles. The lowest BCUT2D eigenvalue weighted by molar-refractivity contribution is 0.0946. The van der Waals surface area contributed by atoms with Gasteiger partial charge in [0.05, 0.1) is 6.10 Å². The second-order valence-electron chi connectivity index (χ2n) is 7.57. The molecular formula is C21H29N3O4. The molecule has 1 N–H and O–H groups in total. The van der Waals surface area contributed by atoms with Gasteiger partial charge < -0.3 is 24.3 Å². The fraction of sp³-hybridized carbons (Fsp3) is 0.524. The van der Waals surface area contributed by atoms with Crippen LogP contribution in [0.2, 0.25) is 0 Å². The lowest BCUT2D eigenvalue weighted by atomic mass is 10.1. The van der Waals surface area contributed by atoms with Gasteiger partial charge in [-0.25, -0.2) is 4.79 Å². The van der Waals surface area contributed by atoms with E-state index in [1.807, 2.05) is 13.8 Å². The number of amides is 1. The van der Waals surface area contributed by atoms with Crippen LogP contribution in [0, 0.1) is 0 Å². The maximum atomic E-state index is 12.4. The van der Waals surface area contributed by atoms with Crippen molar-refractivity contribution in [2.75, 3.05) is 46.3 Å². The van der Waals surface area contributed by atoms with Gasteiger partial charge in [-0.2, -0.15) is 0 Å². The molecule has 1 aliphatic heterocycles. The van der Waals surface area contributed by atoms with Gasteiger partial charge in [-0.05, 0) is 52.1 Å². The fourth-order valence-corrected chi connectivity index (χ4v) is 3.27. The molecule has 1 aromatic carbocycles. The minimum absolute atomic E-state index is 0.0278. The Balaban J connectivity index is 1.57. The van der Waals surface area contributed by atoms with E-state index < -0.39 is 11.5 Å². The van der Waals surface area contributed by atoms with Crippen molar-refractivity contribution in [3.63, 3.8) is 0 Å². The quantitative estimate of drug-likeness (QED) is 0.578. The van der Waals surface area contributed by atoms with Crippen molar-refractivity contribution in [3.8, 4) is 5.75 Å². The monoisotopic (exact) mass is 387 g/mol. The first-order valence-corrected chi connectivity index (χ1v) is 9.86. The summed E-state index contributed by atoms with van der Waals surface area (Å²) in [5, 5.41) is 3.52. The first kappa shape index (κ1) is 20.4. The Morgan fingerprint density at radius 1 is 1.21 bits per heavy atom. The third-order valence-electron chi connectivity index (χ3n) is 4.86. The van der Waals surface area contributed by atoms with Crippen LogP contribution in [0.4, 0.5) is 0 Å². The highest BCUT2D eigenvalue weighted by molar-refractivity contribution is 5.96. The third-order valence-corrected chi connectivity index (χ3v) is 4.86. The summed E-state index contributed by atoms with van der Waals surface area (Å²) in [6.07, 6.45) is 0.879. The van der Waals surface area contributed by atoms with Crippen LogP contribution in [0.25, 0.3) is 11.0 Å². The molecule has 0 radical (unpaired) electrons. The van der Waals surface area contributed by atoms with E-state index >= 15 is 0 Å². The second kappa shape index (κ2) is 9.21. The number of nitrogens with one attached hydrogen (secondary N) is 1. The number of piperazine rings is 1. The van der Waals surface area contributed by atoms with Crippen molar-refractivity contribution < 1.29 is 13.9 Å². The first-order valence-electron chi connectivity index (χ1n) is 9.86. The maximum absolute atomic E-state index is 12.4.